The summed E-state index contributed by atoms with van der Waals surface area (Å²) in [5.74, 6) is 1.65. The Morgan fingerprint density at radius 2 is 1.81 bits per heavy atom. The number of halogens is 1. The van der Waals surface area contributed by atoms with Gasteiger partial charge in [-0.1, -0.05) is 38.1 Å². The van der Waals surface area contributed by atoms with Gasteiger partial charge in [0.2, 0.25) is 0 Å². The molecule has 10 nitrogen and oxygen atoms in total. The molecule has 1 unspecified atom stereocenters. The highest BCUT2D eigenvalue weighted by Gasteiger charge is 2.43. The van der Waals surface area contributed by atoms with Gasteiger partial charge in [-0.3, -0.25) is 10.00 Å². The third kappa shape index (κ3) is 4.20. The molecule has 36 heavy (non-hydrogen) atoms. The van der Waals surface area contributed by atoms with Crippen molar-refractivity contribution in [2.75, 3.05) is 24.5 Å². The number of anilines is 1. The lowest BCUT2D eigenvalue weighted by atomic mass is 10.0. The van der Waals surface area contributed by atoms with Gasteiger partial charge < -0.3 is 10.2 Å². The zero-order chi connectivity index (χ0) is 23.9. The molecule has 5 heterocycles. The van der Waals surface area contributed by atoms with E-state index in [0.717, 1.165) is 54.8 Å². The Labute approximate surface area is 215 Å². The van der Waals surface area contributed by atoms with Crippen LogP contribution in [0.3, 0.4) is 0 Å². The van der Waals surface area contributed by atoms with Gasteiger partial charge in [0.15, 0.2) is 11.5 Å². The average molecular weight is 508 g/mol. The number of carbonyl (C=O) groups is 1. The smallest absolute Gasteiger partial charge is 0.319 e. The van der Waals surface area contributed by atoms with Crippen LogP contribution < -0.4 is 10.2 Å². The number of hydrogen-bond acceptors (Lipinski definition) is 6. The van der Waals surface area contributed by atoms with E-state index >= 15 is 0 Å². The largest absolute Gasteiger partial charge is 0.326 e. The number of rotatable bonds is 5. The highest BCUT2D eigenvalue weighted by Crippen LogP contribution is 2.32. The third-order valence-electron chi connectivity index (χ3n) is 7.16. The molecule has 2 saturated heterocycles. The van der Waals surface area contributed by atoms with Gasteiger partial charge >= 0.3 is 6.03 Å². The van der Waals surface area contributed by atoms with Crippen LogP contribution in [0, 0.1) is 5.92 Å². The van der Waals surface area contributed by atoms with E-state index in [1.165, 1.54) is 0 Å². The summed E-state index contributed by atoms with van der Waals surface area (Å²) >= 11 is 0. The average Bonchev–Trinajstić information content (AvgIpc) is 3.63. The molecule has 1 aromatic carbocycles. The number of amides is 2. The van der Waals surface area contributed by atoms with Crippen molar-refractivity contribution in [3.05, 3.63) is 49.1 Å². The van der Waals surface area contributed by atoms with E-state index in [1.807, 2.05) is 47.6 Å². The maximum Gasteiger partial charge on any atom is 0.326 e. The number of benzene rings is 1. The molecular weight excluding hydrogens is 478 g/mol. The minimum Gasteiger partial charge on any atom is -0.319 e. The lowest BCUT2D eigenvalue weighted by molar-refractivity contribution is 0.182. The monoisotopic (exact) mass is 507 g/mol. The molecule has 188 valence electrons. The summed E-state index contributed by atoms with van der Waals surface area (Å²) in [6.07, 6.45) is 7.26. The molecule has 0 radical (unpaired) electrons. The Morgan fingerprint density at radius 1 is 1.06 bits per heavy atom. The maximum absolute atomic E-state index is 13.7. The Kier molecular flexibility index (Phi) is 6.63. The standard InChI is InChI=1S/C25H29N9O.ClH/c1-16(2)21-14-32(19-7-10-26-11-8-19)25(35)34(21)22-9-12-33-24(30-22)20(13-29-33)17-3-5-18(6-4-17)23-27-15-28-31-23;/h3-6,9,12-13,15-16,19,21,26H,7-8,10-11,14H2,1-2H3,(H,27,28,31);1H. The molecular formula is C25H30ClN9O. The Bertz CT molecular complexity index is 1330. The summed E-state index contributed by atoms with van der Waals surface area (Å²) < 4.78 is 1.76. The van der Waals surface area contributed by atoms with Crippen molar-refractivity contribution in [3.63, 3.8) is 0 Å². The zero-order valence-electron chi connectivity index (χ0n) is 20.3. The number of piperidine rings is 1. The van der Waals surface area contributed by atoms with Gasteiger partial charge in [0, 0.05) is 29.9 Å². The van der Waals surface area contributed by atoms with Gasteiger partial charge in [-0.15, -0.1) is 12.4 Å². The minimum absolute atomic E-state index is 0. The molecule has 0 bridgehead atoms. The van der Waals surface area contributed by atoms with Crippen LogP contribution in [-0.2, 0) is 0 Å². The van der Waals surface area contributed by atoms with Crippen molar-refractivity contribution in [1.82, 2.24) is 40.0 Å². The summed E-state index contributed by atoms with van der Waals surface area (Å²) in [5, 5.41) is 14.8. The van der Waals surface area contributed by atoms with E-state index in [9.17, 15) is 4.79 Å². The first-order valence-electron chi connectivity index (χ1n) is 12.2. The van der Waals surface area contributed by atoms with Gasteiger partial charge in [-0.25, -0.2) is 19.3 Å². The predicted octanol–water partition coefficient (Wildman–Crippen LogP) is 3.62. The zero-order valence-corrected chi connectivity index (χ0v) is 21.1. The lowest BCUT2D eigenvalue weighted by Gasteiger charge is -2.31. The van der Waals surface area contributed by atoms with Gasteiger partial charge in [-0.2, -0.15) is 10.2 Å². The molecule has 2 aliphatic rings. The molecule has 11 heteroatoms. The topological polar surface area (TPSA) is 107 Å². The van der Waals surface area contributed by atoms with E-state index in [2.05, 4.69) is 44.3 Å². The number of nitrogens with zero attached hydrogens (tertiary/aromatic N) is 7. The Hall–Kier alpha value is -3.50. The maximum atomic E-state index is 13.7. The van der Waals surface area contributed by atoms with Gasteiger partial charge in [-0.05, 0) is 43.5 Å². The van der Waals surface area contributed by atoms with E-state index in [4.69, 9.17) is 4.98 Å². The number of H-pyrrole nitrogens is 1. The Morgan fingerprint density at radius 3 is 2.50 bits per heavy atom. The van der Waals surface area contributed by atoms with E-state index in [-0.39, 0.29) is 30.5 Å². The first-order valence-corrected chi connectivity index (χ1v) is 12.2. The van der Waals surface area contributed by atoms with Crippen LogP contribution >= 0.6 is 12.4 Å². The first-order chi connectivity index (χ1) is 17.1. The number of carbonyl (C=O) groups excluding carboxylic acids is 1. The fourth-order valence-corrected chi connectivity index (χ4v) is 5.19. The van der Waals surface area contributed by atoms with Crippen molar-refractivity contribution in [2.24, 2.45) is 5.92 Å². The van der Waals surface area contributed by atoms with Gasteiger partial charge in [0.05, 0.1) is 12.2 Å². The third-order valence-corrected chi connectivity index (χ3v) is 7.16. The molecule has 0 spiro atoms. The molecule has 3 aromatic heterocycles. The SMILES string of the molecule is CC(C)C1CN(C2CCNCC2)C(=O)N1c1ccn2ncc(-c3ccc(-c4nc[nH]n4)cc3)c2n1.Cl. The number of fused-ring (bicyclic) bond motifs is 1. The van der Waals surface area contributed by atoms with Crippen LogP contribution in [0.2, 0.25) is 0 Å². The highest BCUT2D eigenvalue weighted by atomic mass is 35.5. The number of urea groups is 1. The molecule has 4 aromatic rings. The summed E-state index contributed by atoms with van der Waals surface area (Å²) in [7, 11) is 0. The van der Waals surface area contributed by atoms with Crippen LogP contribution in [-0.4, -0.2) is 72.4 Å². The van der Waals surface area contributed by atoms with Crippen LogP contribution in [0.15, 0.2) is 49.1 Å². The number of aromatic amines is 1. The van der Waals surface area contributed by atoms with Crippen molar-refractivity contribution in [1.29, 1.82) is 0 Å². The molecule has 2 aliphatic heterocycles. The summed E-state index contributed by atoms with van der Waals surface area (Å²) in [5.41, 5.74) is 3.56. The van der Waals surface area contributed by atoms with Crippen LogP contribution in [0.1, 0.15) is 26.7 Å². The number of hydrogen-bond donors (Lipinski definition) is 2. The van der Waals surface area contributed by atoms with Crippen LogP contribution in [0.4, 0.5) is 10.6 Å². The van der Waals surface area contributed by atoms with E-state index < -0.39 is 0 Å². The molecule has 0 aliphatic carbocycles. The predicted molar refractivity (Wildman–Crippen MR) is 140 cm³/mol. The first kappa shape index (κ1) is 24.2. The van der Waals surface area contributed by atoms with Crippen molar-refractivity contribution in [3.8, 4) is 22.5 Å². The molecule has 0 saturated carbocycles. The van der Waals surface area contributed by atoms with Gasteiger partial charge in [0.1, 0.15) is 12.1 Å². The van der Waals surface area contributed by atoms with E-state index in [1.54, 1.807) is 10.8 Å². The Balaban J connectivity index is 0.00000267. The van der Waals surface area contributed by atoms with E-state index in [0.29, 0.717) is 17.6 Å². The lowest BCUT2D eigenvalue weighted by Crippen LogP contribution is -2.45. The number of nitrogens with one attached hydrogen (secondary N) is 2. The van der Waals surface area contributed by atoms with Crippen LogP contribution in [0.25, 0.3) is 28.2 Å². The second-order valence-electron chi connectivity index (χ2n) is 9.61. The van der Waals surface area contributed by atoms with Gasteiger partial charge in [0.25, 0.3) is 0 Å². The summed E-state index contributed by atoms with van der Waals surface area (Å²) in [4.78, 5) is 26.8. The summed E-state index contributed by atoms with van der Waals surface area (Å²) in [6.45, 7) is 7.01. The molecule has 2 fully saturated rings. The summed E-state index contributed by atoms with van der Waals surface area (Å²) in [6, 6.07) is 10.3. The normalized spacial score (nSPS) is 18.9. The highest BCUT2D eigenvalue weighted by molar-refractivity contribution is 5.95. The number of aromatic nitrogens is 6. The van der Waals surface area contributed by atoms with Crippen molar-refractivity contribution >= 4 is 29.9 Å². The molecule has 1 atom stereocenters. The molecule has 2 amide bonds. The fourth-order valence-electron chi connectivity index (χ4n) is 5.19. The molecule has 2 N–H and O–H groups in total. The quantitative estimate of drug-likeness (QED) is 0.427. The molecule has 6 rings (SSSR count). The second kappa shape index (κ2) is 9.87. The van der Waals surface area contributed by atoms with Crippen molar-refractivity contribution in [2.45, 2.75) is 38.8 Å². The minimum atomic E-state index is 0. The fraction of sp³-hybridized carbons (Fsp3) is 0.400. The van der Waals surface area contributed by atoms with Crippen molar-refractivity contribution < 1.29 is 4.79 Å². The second-order valence-corrected chi connectivity index (χ2v) is 9.61. The van der Waals surface area contributed by atoms with Crippen LogP contribution in [0.5, 0.6) is 0 Å².